The van der Waals surface area contributed by atoms with Gasteiger partial charge in [0.15, 0.2) is 0 Å². The fraction of sp³-hybridized carbons (Fsp3) is 0.429. The Morgan fingerprint density at radius 1 is 1.26 bits per heavy atom. The quantitative estimate of drug-likeness (QED) is 0.797. The van der Waals surface area contributed by atoms with Crippen LogP contribution < -0.4 is 0 Å². The number of halogens is 1. The fourth-order valence-electron chi connectivity index (χ4n) is 2.43. The molecule has 3 heterocycles. The van der Waals surface area contributed by atoms with Gasteiger partial charge in [-0.05, 0) is 30.9 Å². The summed E-state index contributed by atoms with van der Waals surface area (Å²) in [6.07, 6.45) is 7.43. The summed E-state index contributed by atoms with van der Waals surface area (Å²) in [5.41, 5.74) is 0.846. The van der Waals surface area contributed by atoms with Crippen LogP contribution >= 0.6 is 0 Å². The maximum Gasteiger partial charge on any atom is 0.212 e. The van der Waals surface area contributed by atoms with E-state index in [-0.39, 0.29) is 0 Å². The van der Waals surface area contributed by atoms with Gasteiger partial charge in [0, 0.05) is 43.9 Å². The monoisotopic (exact) mass is 261 g/mol. The van der Waals surface area contributed by atoms with E-state index in [4.69, 9.17) is 4.74 Å². The SMILES string of the molecule is Fc1ccc(-c2nccn2CC2CCOCC2)cn1. The van der Waals surface area contributed by atoms with E-state index in [0.717, 1.165) is 44.0 Å². The first-order valence-electron chi connectivity index (χ1n) is 6.54. The van der Waals surface area contributed by atoms with Gasteiger partial charge in [0.1, 0.15) is 5.82 Å². The lowest BCUT2D eigenvalue weighted by Gasteiger charge is -2.23. The van der Waals surface area contributed by atoms with Crippen molar-refractivity contribution in [2.75, 3.05) is 13.2 Å². The number of rotatable bonds is 3. The van der Waals surface area contributed by atoms with Crippen LogP contribution in [0.1, 0.15) is 12.8 Å². The number of imidazole rings is 1. The van der Waals surface area contributed by atoms with Crippen molar-refractivity contribution >= 4 is 0 Å². The molecule has 1 aliphatic rings. The molecule has 0 saturated carbocycles. The average molecular weight is 261 g/mol. The van der Waals surface area contributed by atoms with Gasteiger partial charge in [-0.15, -0.1) is 0 Å². The summed E-state index contributed by atoms with van der Waals surface area (Å²) in [4.78, 5) is 8.03. The Balaban J connectivity index is 1.79. The van der Waals surface area contributed by atoms with Crippen LogP contribution in [-0.2, 0) is 11.3 Å². The summed E-state index contributed by atoms with van der Waals surface area (Å²) in [5.74, 6) is 1.00. The van der Waals surface area contributed by atoms with Gasteiger partial charge in [-0.3, -0.25) is 0 Å². The fourth-order valence-corrected chi connectivity index (χ4v) is 2.43. The van der Waals surface area contributed by atoms with Gasteiger partial charge in [0.05, 0.1) is 0 Å². The smallest absolute Gasteiger partial charge is 0.212 e. The Morgan fingerprint density at radius 2 is 2.11 bits per heavy atom. The molecule has 3 rings (SSSR count). The number of nitrogens with zero attached hydrogens (tertiary/aromatic N) is 3. The molecule has 4 nitrogen and oxygen atoms in total. The van der Waals surface area contributed by atoms with Crippen LogP contribution in [0.25, 0.3) is 11.4 Å². The molecule has 2 aromatic rings. The highest BCUT2D eigenvalue weighted by atomic mass is 19.1. The molecular formula is C14H16FN3O. The van der Waals surface area contributed by atoms with E-state index in [9.17, 15) is 4.39 Å². The Hall–Kier alpha value is -1.75. The number of hydrogen-bond donors (Lipinski definition) is 0. The van der Waals surface area contributed by atoms with Crippen molar-refractivity contribution in [2.45, 2.75) is 19.4 Å². The van der Waals surface area contributed by atoms with E-state index in [1.807, 2.05) is 6.20 Å². The van der Waals surface area contributed by atoms with Crippen LogP contribution in [0.3, 0.4) is 0 Å². The van der Waals surface area contributed by atoms with Gasteiger partial charge in [-0.25, -0.2) is 9.97 Å². The molecule has 1 fully saturated rings. The van der Waals surface area contributed by atoms with E-state index in [0.29, 0.717) is 5.92 Å². The summed E-state index contributed by atoms with van der Waals surface area (Å²) in [6, 6.07) is 3.08. The highest BCUT2D eigenvalue weighted by molar-refractivity contribution is 5.53. The van der Waals surface area contributed by atoms with Crippen molar-refractivity contribution in [2.24, 2.45) is 5.92 Å². The minimum atomic E-state index is -0.466. The second kappa shape index (κ2) is 5.48. The molecule has 0 aromatic carbocycles. The normalized spacial score (nSPS) is 16.7. The molecule has 0 N–H and O–H groups in total. The largest absolute Gasteiger partial charge is 0.381 e. The highest BCUT2D eigenvalue weighted by Gasteiger charge is 2.16. The number of ether oxygens (including phenoxy) is 1. The van der Waals surface area contributed by atoms with Crippen molar-refractivity contribution in [1.29, 1.82) is 0 Å². The Morgan fingerprint density at radius 3 is 2.84 bits per heavy atom. The van der Waals surface area contributed by atoms with Gasteiger partial charge in [-0.1, -0.05) is 0 Å². The third kappa shape index (κ3) is 2.81. The van der Waals surface area contributed by atoms with Crippen molar-refractivity contribution < 1.29 is 9.13 Å². The molecule has 0 spiro atoms. The van der Waals surface area contributed by atoms with Crippen molar-refractivity contribution in [1.82, 2.24) is 14.5 Å². The molecule has 0 amide bonds. The molecule has 2 aromatic heterocycles. The van der Waals surface area contributed by atoms with Gasteiger partial charge < -0.3 is 9.30 Å². The first-order chi connectivity index (χ1) is 9.33. The van der Waals surface area contributed by atoms with E-state index >= 15 is 0 Å². The second-order valence-electron chi connectivity index (χ2n) is 4.83. The molecular weight excluding hydrogens is 245 g/mol. The Bertz CT molecular complexity index is 532. The van der Waals surface area contributed by atoms with Crippen LogP contribution in [0, 0.1) is 11.9 Å². The van der Waals surface area contributed by atoms with Crippen LogP contribution in [0.4, 0.5) is 4.39 Å². The summed E-state index contributed by atoms with van der Waals surface area (Å²) in [7, 11) is 0. The molecule has 5 heteroatoms. The first kappa shape index (κ1) is 12.3. The zero-order chi connectivity index (χ0) is 13.1. The summed E-state index contributed by atoms with van der Waals surface area (Å²) in [5, 5.41) is 0. The number of pyridine rings is 1. The predicted octanol–water partition coefficient (Wildman–Crippen LogP) is 2.51. The number of hydrogen-bond acceptors (Lipinski definition) is 3. The third-order valence-corrected chi connectivity index (χ3v) is 3.50. The molecule has 1 saturated heterocycles. The maximum absolute atomic E-state index is 12.8. The van der Waals surface area contributed by atoms with E-state index < -0.39 is 5.95 Å². The second-order valence-corrected chi connectivity index (χ2v) is 4.83. The maximum atomic E-state index is 12.8. The predicted molar refractivity (Wildman–Crippen MR) is 69.0 cm³/mol. The van der Waals surface area contributed by atoms with Gasteiger partial charge in [0.2, 0.25) is 5.95 Å². The number of aromatic nitrogens is 3. The van der Waals surface area contributed by atoms with Crippen molar-refractivity contribution in [3.05, 3.63) is 36.7 Å². The zero-order valence-corrected chi connectivity index (χ0v) is 10.6. The lowest BCUT2D eigenvalue weighted by Crippen LogP contribution is -2.20. The topological polar surface area (TPSA) is 39.9 Å². The lowest BCUT2D eigenvalue weighted by atomic mass is 10.0. The molecule has 0 unspecified atom stereocenters. The highest BCUT2D eigenvalue weighted by Crippen LogP contribution is 2.21. The Kier molecular flexibility index (Phi) is 3.55. The molecule has 0 bridgehead atoms. The summed E-state index contributed by atoms with van der Waals surface area (Å²) >= 11 is 0. The zero-order valence-electron chi connectivity index (χ0n) is 10.6. The Labute approximate surface area is 111 Å². The van der Waals surface area contributed by atoms with Crippen molar-refractivity contribution in [3.8, 4) is 11.4 Å². The van der Waals surface area contributed by atoms with Crippen LogP contribution in [0.2, 0.25) is 0 Å². The lowest BCUT2D eigenvalue weighted by molar-refractivity contribution is 0.0614. The minimum absolute atomic E-state index is 0.466. The van der Waals surface area contributed by atoms with Crippen LogP contribution in [0.15, 0.2) is 30.7 Å². The van der Waals surface area contributed by atoms with Crippen molar-refractivity contribution in [3.63, 3.8) is 0 Å². The van der Waals surface area contributed by atoms with Gasteiger partial charge in [0.25, 0.3) is 0 Å². The summed E-state index contributed by atoms with van der Waals surface area (Å²) in [6.45, 7) is 2.61. The first-order valence-corrected chi connectivity index (χ1v) is 6.54. The molecule has 0 radical (unpaired) electrons. The molecule has 19 heavy (non-hydrogen) atoms. The standard InChI is InChI=1S/C14H16FN3O/c15-13-2-1-12(9-17-13)14-16-5-6-18(14)10-11-3-7-19-8-4-11/h1-2,5-6,9,11H,3-4,7-8,10H2. The average Bonchev–Trinajstić information content (AvgIpc) is 2.89. The van der Waals surface area contributed by atoms with E-state index in [1.165, 1.54) is 12.3 Å². The van der Waals surface area contributed by atoms with Crippen LogP contribution in [0.5, 0.6) is 0 Å². The molecule has 100 valence electrons. The van der Waals surface area contributed by atoms with E-state index in [1.54, 1.807) is 12.3 Å². The van der Waals surface area contributed by atoms with Crippen LogP contribution in [-0.4, -0.2) is 27.7 Å². The third-order valence-electron chi connectivity index (χ3n) is 3.50. The molecule has 1 aliphatic heterocycles. The van der Waals surface area contributed by atoms with Gasteiger partial charge >= 0.3 is 0 Å². The summed E-state index contributed by atoms with van der Waals surface area (Å²) < 4.78 is 20.3. The van der Waals surface area contributed by atoms with Gasteiger partial charge in [-0.2, -0.15) is 4.39 Å². The van der Waals surface area contributed by atoms with E-state index in [2.05, 4.69) is 14.5 Å². The molecule has 0 atom stereocenters. The minimum Gasteiger partial charge on any atom is -0.381 e. The molecule has 0 aliphatic carbocycles.